The average molecular weight is 374 g/mol. The van der Waals surface area contributed by atoms with E-state index in [0.29, 0.717) is 17.0 Å². The van der Waals surface area contributed by atoms with Crippen LogP contribution in [-0.4, -0.2) is 48.9 Å². The Hall–Kier alpha value is -2.68. The van der Waals surface area contributed by atoms with Crippen LogP contribution in [0.2, 0.25) is 0 Å². The SMILES string of the molecule is CC1C(CO)CCCN1c1cc(-c2cnc3ccc(C(F)F)nn23)ncn1. The van der Waals surface area contributed by atoms with Gasteiger partial charge in [-0.2, -0.15) is 5.10 Å². The van der Waals surface area contributed by atoms with Crippen LogP contribution in [0.15, 0.2) is 30.7 Å². The summed E-state index contributed by atoms with van der Waals surface area (Å²) in [6.07, 6.45) is 2.33. The highest BCUT2D eigenvalue weighted by atomic mass is 19.3. The average Bonchev–Trinajstić information content (AvgIpc) is 3.11. The molecule has 1 fully saturated rings. The van der Waals surface area contributed by atoms with Gasteiger partial charge in [-0.15, -0.1) is 0 Å². The highest BCUT2D eigenvalue weighted by Gasteiger charge is 2.28. The summed E-state index contributed by atoms with van der Waals surface area (Å²) < 4.78 is 27.4. The molecule has 0 bridgehead atoms. The zero-order valence-corrected chi connectivity index (χ0v) is 14.8. The molecule has 0 aliphatic carbocycles. The van der Waals surface area contributed by atoms with Crippen molar-refractivity contribution in [2.24, 2.45) is 5.92 Å². The molecule has 2 atom stereocenters. The van der Waals surface area contributed by atoms with E-state index < -0.39 is 6.43 Å². The second-order valence-corrected chi connectivity index (χ2v) is 6.75. The topological polar surface area (TPSA) is 79.4 Å². The molecule has 2 unspecified atom stereocenters. The van der Waals surface area contributed by atoms with E-state index >= 15 is 0 Å². The van der Waals surface area contributed by atoms with Gasteiger partial charge in [0.15, 0.2) is 5.65 Å². The van der Waals surface area contributed by atoms with Crippen LogP contribution in [0, 0.1) is 5.92 Å². The fraction of sp³-hybridized carbons (Fsp3) is 0.444. The maximum atomic E-state index is 13.0. The number of aliphatic hydroxyl groups is 1. The third-order valence-electron chi connectivity index (χ3n) is 5.20. The predicted molar refractivity (Wildman–Crippen MR) is 95.6 cm³/mol. The van der Waals surface area contributed by atoms with E-state index in [1.54, 1.807) is 6.20 Å². The number of nitrogens with zero attached hydrogens (tertiary/aromatic N) is 6. The zero-order valence-electron chi connectivity index (χ0n) is 14.8. The number of anilines is 1. The fourth-order valence-corrected chi connectivity index (χ4v) is 3.61. The molecule has 1 aliphatic rings. The van der Waals surface area contributed by atoms with Crippen LogP contribution < -0.4 is 4.90 Å². The van der Waals surface area contributed by atoms with Gasteiger partial charge < -0.3 is 10.0 Å². The van der Waals surface area contributed by atoms with E-state index in [2.05, 4.69) is 31.9 Å². The number of halogens is 2. The van der Waals surface area contributed by atoms with Gasteiger partial charge in [-0.25, -0.2) is 28.2 Å². The highest BCUT2D eigenvalue weighted by molar-refractivity contribution is 5.62. The van der Waals surface area contributed by atoms with Crippen LogP contribution in [0.25, 0.3) is 17.0 Å². The van der Waals surface area contributed by atoms with Crippen LogP contribution in [0.4, 0.5) is 14.6 Å². The van der Waals surface area contributed by atoms with Crippen molar-refractivity contribution in [1.82, 2.24) is 24.6 Å². The number of aromatic nitrogens is 5. The lowest BCUT2D eigenvalue weighted by molar-refractivity contribution is 0.144. The predicted octanol–water partition coefficient (Wildman–Crippen LogP) is 2.72. The summed E-state index contributed by atoms with van der Waals surface area (Å²) in [5.74, 6) is 0.939. The van der Waals surface area contributed by atoms with Crippen LogP contribution in [0.1, 0.15) is 31.9 Å². The Morgan fingerprint density at radius 3 is 2.89 bits per heavy atom. The van der Waals surface area contributed by atoms with Gasteiger partial charge in [-0.3, -0.25) is 0 Å². The third kappa shape index (κ3) is 3.23. The molecule has 0 amide bonds. The maximum absolute atomic E-state index is 13.0. The molecule has 4 heterocycles. The van der Waals surface area contributed by atoms with Crippen LogP contribution in [-0.2, 0) is 0 Å². The smallest absolute Gasteiger partial charge is 0.282 e. The van der Waals surface area contributed by atoms with Gasteiger partial charge in [0.2, 0.25) is 0 Å². The first kappa shape index (κ1) is 17.7. The van der Waals surface area contributed by atoms with Crippen molar-refractivity contribution in [3.8, 4) is 11.4 Å². The summed E-state index contributed by atoms with van der Waals surface area (Å²) >= 11 is 0. The lowest BCUT2D eigenvalue weighted by Gasteiger charge is -2.39. The molecular weight excluding hydrogens is 354 g/mol. The summed E-state index contributed by atoms with van der Waals surface area (Å²) in [6, 6.07) is 4.75. The van der Waals surface area contributed by atoms with E-state index in [4.69, 9.17) is 0 Å². The molecule has 7 nitrogen and oxygen atoms in total. The van der Waals surface area contributed by atoms with Crippen molar-refractivity contribution in [3.05, 3.63) is 36.4 Å². The Labute approximate surface area is 154 Å². The highest BCUT2D eigenvalue weighted by Crippen LogP contribution is 2.29. The van der Waals surface area contributed by atoms with E-state index in [-0.39, 0.29) is 24.3 Å². The van der Waals surface area contributed by atoms with Crippen LogP contribution in [0.3, 0.4) is 0 Å². The summed E-state index contributed by atoms with van der Waals surface area (Å²) in [7, 11) is 0. The quantitative estimate of drug-likeness (QED) is 0.756. The Balaban J connectivity index is 1.73. The van der Waals surface area contributed by atoms with Crippen molar-refractivity contribution in [2.45, 2.75) is 32.2 Å². The van der Waals surface area contributed by atoms with Gasteiger partial charge in [-0.1, -0.05) is 0 Å². The standard InChI is InChI=1S/C18H20F2N6O/c1-11-12(9-27)3-2-6-25(11)17-7-14(22-10-23-17)15-8-21-16-5-4-13(18(19)20)24-26(15)16/h4-5,7-8,10-12,18,27H,2-3,6,9H2,1H3. The van der Waals surface area contributed by atoms with E-state index in [1.165, 1.54) is 23.0 Å². The van der Waals surface area contributed by atoms with Gasteiger partial charge in [0.05, 0.1) is 11.9 Å². The molecule has 142 valence electrons. The summed E-state index contributed by atoms with van der Waals surface area (Å²) in [5.41, 5.74) is 1.25. The van der Waals surface area contributed by atoms with Crippen LogP contribution in [0.5, 0.6) is 0 Å². The number of hydrogen-bond donors (Lipinski definition) is 1. The number of hydrogen-bond acceptors (Lipinski definition) is 6. The lowest BCUT2D eigenvalue weighted by Crippen LogP contribution is -2.45. The van der Waals surface area contributed by atoms with Gasteiger partial charge in [-0.05, 0) is 31.9 Å². The largest absolute Gasteiger partial charge is 0.396 e. The molecule has 9 heteroatoms. The molecule has 3 aromatic heterocycles. The third-order valence-corrected chi connectivity index (χ3v) is 5.20. The van der Waals surface area contributed by atoms with Crippen molar-refractivity contribution in [2.75, 3.05) is 18.1 Å². The zero-order chi connectivity index (χ0) is 19.0. The Morgan fingerprint density at radius 1 is 1.26 bits per heavy atom. The maximum Gasteiger partial charge on any atom is 0.282 e. The van der Waals surface area contributed by atoms with Gasteiger partial charge >= 0.3 is 0 Å². The minimum Gasteiger partial charge on any atom is -0.396 e. The first-order chi connectivity index (χ1) is 13.1. The van der Waals surface area contributed by atoms with Crippen LogP contribution >= 0.6 is 0 Å². The van der Waals surface area contributed by atoms with Crippen molar-refractivity contribution in [1.29, 1.82) is 0 Å². The van der Waals surface area contributed by atoms with Gasteiger partial charge in [0.25, 0.3) is 6.43 Å². The lowest BCUT2D eigenvalue weighted by atomic mass is 9.91. The number of piperidine rings is 1. The van der Waals surface area contributed by atoms with Crippen molar-refractivity contribution in [3.63, 3.8) is 0 Å². The Kier molecular flexibility index (Phi) is 4.69. The van der Waals surface area contributed by atoms with E-state index in [0.717, 1.165) is 25.2 Å². The van der Waals surface area contributed by atoms with E-state index in [9.17, 15) is 13.9 Å². The van der Waals surface area contributed by atoms with Crippen molar-refractivity contribution >= 4 is 11.5 Å². The number of imidazole rings is 1. The first-order valence-corrected chi connectivity index (χ1v) is 8.91. The summed E-state index contributed by atoms with van der Waals surface area (Å²) in [6.45, 7) is 3.06. The first-order valence-electron chi connectivity index (χ1n) is 8.91. The molecular formula is C18H20F2N6O. The molecule has 1 aliphatic heterocycles. The normalized spacial score (nSPS) is 20.6. The minimum atomic E-state index is -2.66. The molecule has 1 saturated heterocycles. The molecule has 1 N–H and O–H groups in total. The van der Waals surface area contributed by atoms with Gasteiger partial charge in [0, 0.05) is 31.2 Å². The number of aliphatic hydroxyl groups excluding tert-OH is 1. The Bertz CT molecular complexity index is 947. The van der Waals surface area contributed by atoms with E-state index in [1.807, 2.05) is 6.07 Å². The Morgan fingerprint density at radius 2 is 2.11 bits per heavy atom. The van der Waals surface area contributed by atoms with Crippen molar-refractivity contribution < 1.29 is 13.9 Å². The molecule has 0 radical (unpaired) electrons. The number of fused-ring (bicyclic) bond motifs is 1. The number of alkyl halides is 2. The molecule has 0 saturated carbocycles. The number of rotatable bonds is 4. The van der Waals surface area contributed by atoms with Gasteiger partial charge in [0.1, 0.15) is 23.5 Å². The molecule has 27 heavy (non-hydrogen) atoms. The molecule has 0 spiro atoms. The second kappa shape index (κ2) is 7.15. The molecule has 3 aromatic rings. The minimum absolute atomic E-state index is 0.142. The fourth-order valence-electron chi connectivity index (χ4n) is 3.61. The molecule has 4 rings (SSSR count). The summed E-state index contributed by atoms with van der Waals surface area (Å²) in [5, 5.41) is 13.6. The molecule has 0 aromatic carbocycles. The monoisotopic (exact) mass is 374 g/mol. The summed E-state index contributed by atoms with van der Waals surface area (Å²) in [4.78, 5) is 15.0. The second-order valence-electron chi connectivity index (χ2n) is 6.75.